The first-order chi connectivity index (χ1) is 12.3. The van der Waals surface area contributed by atoms with Gasteiger partial charge in [-0.25, -0.2) is 9.50 Å². The van der Waals surface area contributed by atoms with E-state index in [-0.39, 0.29) is 17.0 Å². The minimum atomic E-state index is -0.648. The Labute approximate surface area is 148 Å². The Morgan fingerprint density at radius 3 is 2.69 bits per heavy atom. The van der Waals surface area contributed by atoms with Crippen molar-refractivity contribution in [2.45, 2.75) is 20.8 Å². The highest BCUT2D eigenvalue weighted by Crippen LogP contribution is 2.41. The van der Waals surface area contributed by atoms with Gasteiger partial charge in [0.05, 0.1) is 28.2 Å². The predicted molar refractivity (Wildman–Crippen MR) is 97.0 cm³/mol. The number of benzene rings is 1. The van der Waals surface area contributed by atoms with Crippen LogP contribution < -0.4 is 11.5 Å². The molecule has 8 heteroatoms. The average Bonchev–Trinajstić information content (AvgIpc) is 3.12. The smallest absolute Gasteiger partial charge is 0.253 e. The van der Waals surface area contributed by atoms with Crippen molar-refractivity contribution in [3.8, 4) is 17.0 Å². The van der Waals surface area contributed by atoms with Crippen LogP contribution >= 0.6 is 0 Å². The predicted octanol–water partition coefficient (Wildman–Crippen LogP) is 2.45. The van der Waals surface area contributed by atoms with Crippen LogP contribution in [0.1, 0.15) is 27.2 Å². The summed E-state index contributed by atoms with van der Waals surface area (Å²) in [5, 5.41) is 14.9. The van der Waals surface area contributed by atoms with Crippen molar-refractivity contribution < 1.29 is 14.3 Å². The zero-order chi connectivity index (χ0) is 18.7. The van der Waals surface area contributed by atoms with Gasteiger partial charge in [0.1, 0.15) is 11.3 Å². The Kier molecular flexibility index (Phi) is 3.20. The molecule has 8 nitrogen and oxygen atoms in total. The van der Waals surface area contributed by atoms with Crippen LogP contribution in [0.15, 0.2) is 22.9 Å². The second-order valence-electron chi connectivity index (χ2n) is 6.31. The van der Waals surface area contributed by atoms with Gasteiger partial charge in [-0.05, 0) is 32.4 Å². The molecule has 0 saturated heterocycles. The molecule has 4 aromatic rings. The zero-order valence-corrected chi connectivity index (χ0v) is 14.5. The zero-order valence-electron chi connectivity index (χ0n) is 14.5. The number of amides is 1. The standard InChI is InChI=1S/C18H17N5O3/c1-7-4-10-14(18(20)25)15(19)17(23(10)22-9(7)3)13-8(2)11(24)5-12-16(13)21-6-26-12/h4-6,24H,19H2,1-3H3,(H2,20,25). The molecule has 0 aliphatic carbocycles. The van der Waals surface area contributed by atoms with Gasteiger partial charge in [-0.2, -0.15) is 5.10 Å². The normalized spacial score (nSPS) is 11.5. The van der Waals surface area contributed by atoms with E-state index >= 15 is 0 Å². The van der Waals surface area contributed by atoms with E-state index in [1.807, 2.05) is 19.9 Å². The lowest BCUT2D eigenvalue weighted by atomic mass is 10.0. The Balaban J connectivity index is 2.26. The number of carbonyl (C=O) groups is 1. The second-order valence-corrected chi connectivity index (χ2v) is 6.31. The number of fused-ring (bicyclic) bond motifs is 2. The molecule has 4 rings (SSSR count). The van der Waals surface area contributed by atoms with Gasteiger partial charge in [-0.15, -0.1) is 0 Å². The number of aromatic hydroxyl groups is 1. The van der Waals surface area contributed by atoms with E-state index in [9.17, 15) is 9.90 Å². The van der Waals surface area contributed by atoms with E-state index < -0.39 is 5.91 Å². The molecule has 5 N–H and O–H groups in total. The molecule has 1 amide bonds. The second kappa shape index (κ2) is 5.22. The van der Waals surface area contributed by atoms with E-state index in [4.69, 9.17) is 15.9 Å². The van der Waals surface area contributed by atoms with E-state index in [2.05, 4.69) is 10.1 Å². The van der Waals surface area contributed by atoms with Gasteiger partial charge in [0.25, 0.3) is 5.91 Å². The highest BCUT2D eigenvalue weighted by molar-refractivity contribution is 6.11. The summed E-state index contributed by atoms with van der Waals surface area (Å²) in [7, 11) is 0. The van der Waals surface area contributed by atoms with Crippen molar-refractivity contribution in [3.05, 3.63) is 40.9 Å². The maximum absolute atomic E-state index is 12.1. The molecule has 3 aromatic heterocycles. The molecular weight excluding hydrogens is 334 g/mol. The monoisotopic (exact) mass is 351 g/mol. The largest absolute Gasteiger partial charge is 0.508 e. The number of hydrogen-bond donors (Lipinski definition) is 3. The number of carbonyl (C=O) groups excluding carboxylic acids is 1. The van der Waals surface area contributed by atoms with E-state index in [1.54, 1.807) is 11.4 Å². The van der Waals surface area contributed by atoms with E-state index in [1.165, 1.54) is 12.5 Å². The number of rotatable bonds is 2. The van der Waals surface area contributed by atoms with Gasteiger partial charge in [-0.1, -0.05) is 0 Å². The number of primary amides is 1. The third-order valence-electron chi connectivity index (χ3n) is 4.74. The first-order valence-corrected chi connectivity index (χ1v) is 7.95. The maximum atomic E-state index is 12.1. The number of aryl methyl sites for hydroxylation is 2. The molecule has 0 atom stereocenters. The van der Waals surface area contributed by atoms with E-state index in [0.29, 0.717) is 33.4 Å². The molecule has 26 heavy (non-hydrogen) atoms. The van der Waals surface area contributed by atoms with Crippen LogP contribution in [0.25, 0.3) is 27.9 Å². The highest BCUT2D eigenvalue weighted by atomic mass is 16.3. The summed E-state index contributed by atoms with van der Waals surface area (Å²) in [6.45, 7) is 5.49. The lowest BCUT2D eigenvalue weighted by molar-refractivity contribution is 0.100. The van der Waals surface area contributed by atoms with Gasteiger partial charge in [0.2, 0.25) is 0 Å². The van der Waals surface area contributed by atoms with E-state index in [0.717, 1.165) is 11.3 Å². The van der Waals surface area contributed by atoms with Crippen LogP contribution in [0.2, 0.25) is 0 Å². The third-order valence-corrected chi connectivity index (χ3v) is 4.74. The number of aromatic nitrogens is 3. The van der Waals surface area contributed by atoms with Crippen molar-refractivity contribution in [3.63, 3.8) is 0 Å². The van der Waals surface area contributed by atoms with Crippen LogP contribution in [-0.4, -0.2) is 25.6 Å². The van der Waals surface area contributed by atoms with Gasteiger partial charge < -0.3 is 21.0 Å². The number of nitrogen functional groups attached to an aromatic ring is 1. The van der Waals surface area contributed by atoms with Crippen molar-refractivity contribution >= 4 is 28.2 Å². The molecule has 3 heterocycles. The number of nitrogens with two attached hydrogens (primary N) is 2. The van der Waals surface area contributed by atoms with Crippen LogP contribution in [-0.2, 0) is 0 Å². The molecule has 0 bridgehead atoms. The van der Waals surface area contributed by atoms with Crippen molar-refractivity contribution in [2.24, 2.45) is 5.73 Å². The Bertz CT molecular complexity index is 1220. The number of nitrogens with zero attached hydrogens (tertiary/aromatic N) is 3. The van der Waals surface area contributed by atoms with Gasteiger partial charge in [0.15, 0.2) is 12.0 Å². The first kappa shape index (κ1) is 15.9. The maximum Gasteiger partial charge on any atom is 0.253 e. The summed E-state index contributed by atoms with van der Waals surface area (Å²) in [4.78, 5) is 16.3. The molecule has 0 aliphatic rings. The Hall–Kier alpha value is -3.55. The van der Waals surface area contributed by atoms with Crippen LogP contribution in [0.5, 0.6) is 5.75 Å². The fraction of sp³-hybridized carbons (Fsp3) is 0.167. The summed E-state index contributed by atoms with van der Waals surface area (Å²) in [5.41, 5.74) is 16.9. The van der Waals surface area contributed by atoms with Gasteiger partial charge in [0, 0.05) is 17.2 Å². The molecule has 0 saturated carbocycles. The van der Waals surface area contributed by atoms with Crippen LogP contribution in [0.3, 0.4) is 0 Å². The third kappa shape index (κ3) is 1.98. The number of phenolic OH excluding ortho intramolecular Hbond substituents is 1. The fourth-order valence-electron chi connectivity index (χ4n) is 3.25. The molecule has 0 radical (unpaired) electrons. The number of anilines is 1. The van der Waals surface area contributed by atoms with Crippen molar-refractivity contribution in [2.75, 3.05) is 5.73 Å². The number of oxazole rings is 1. The minimum Gasteiger partial charge on any atom is -0.508 e. The first-order valence-electron chi connectivity index (χ1n) is 7.95. The summed E-state index contributed by atoms with van der Waals surface area (Å²) < 4.78 is 6.91. The molecule has 0 aliphatic heterocycles. The Morgan fingerprint density at radius 1 is 1.27 bits per heavy atom. The molecule has 0 spiro atoms. The summed E-state index contributed by atoms with van der Waals surface area (Å²) in [6, 6.07) is 3.31. The summed E-state index contributed by atoms with van der Waals surface area (Å²) in [5.74, 6) is -0.617. The lowest BCUT2D eigenvalue weighted by Gasteiger charge is -2.10. The molecular formula is C18H17N5O3. The topological polar surface area (TPSA) is 133 Å². The number of phenols is 1. The van der Waals surface area contributed by atoms with Crippen molar-refractivity contribution in [1.29, 1.82) is 0 Å². The summed E-state index contributed by atoms with van der Waals surface area (Å²) >= 11 is 0. The van der Waals surface area contributed by atoms with Crippen LogP contribution in [0.4, 0.5) is 5.69 Å². The molecule has 132 valence electrons. The average molecular weight is 351 g/mol. The minimum absolute atomic E-state index is 0.0306. The van der Waals surface area contributed by atoms with Crippen molar-refractivity contribution in [1.82, 2.24) is 14.6 Å². The molecule has 0 unspecified atom stereocenters. The Morgan fingerprint density at radius 2 is 2.00 bits per heavy atom. The van der Waals surface area contributed by atoms with Crippen LogP contribution in [0, 0.1) is 20.8 Å². The summed E-state index contributed by atoms with van der Waals surface area (Å²) in [6.07, 6.45) is 1.29. The van der Waals surface area contributed by atoms with Gasteiger partial charge >= 0.3 is 0 Å². The highest BCUT2D eigenvalue weighted by Gasteiger charge is 2.26. The molecule has 0 fully saturated rings. The molecule has 1 aromatic carbocycles. The SMILES string of the molecule is Cc1cc2c(C(N)=O)c(N)c(-c3c(C)c(O)cc4ocnc34)n2nc1C. The quantitative estimate of drug-likeness (QED) is 0.508. The lowest BCUT2D eigenvalue weighted by Crippen LogP contribution is -2.12. The fourth-order valence-corrected chi connectivity index (χ4v) is 3.25. The number of hydrogen-bond acceptors (Lipinski definition) is 6. The van der Waals surface area contributed by atoms with Gasteiger partial charge in [-0.3, -0.25) is 4.79 Å².